The molecule has 92 valence electrons. The molecule has 1 aromatic heterocycles. The van der Waals surface area contributed by atoms with Gasteiger partial charge in [-0.1, -0.05) is 36.0 Å². The van der Waals surface area contributed by atoms with E-state index in [1.165, 1.54) is 30.2 Å². The molecule has 0 atom stereocenters. The van der Waals surface area contributed by atoms with E-state index >= 15 is 0 Å². The largest absolute Gasteiger partial charge is 0.465 e. The third-order valence-corrected chi connectivity index (χ3v) is 4.05. The average molecular weight is 276 g/mol. The molecule has 2 nitrogen and oxygen atoms in total. The molecule has 0 bridgehead atoms. The Kier molecular flexibility index (Phi) is 4.61. The molecule has 4 heteroatoms. The smallest absolute Gasteiger partial charge is 0.339 e. The van der Waals surface area contributed by atoms with Crippen molar-refractivity contribution in [3.05, 3.63) is 58.1 Å². The number of rotatable bonds is 4. The summed E-state index contributed by atoms with van der Waals surface area (Å²) in [6, 6.07) is 13.8. The predicted octanol–water partition coefficient (Wildman–Crippen LogP) is 4.05. The zero-order valence-corrected chi connectivity index (χ0v) is 11.5. The molecule has 0 amide bonds. The number of carbonyl (C=O) groups excluding carboxylic acids is 1. The quantitative estimate of drug-likeness (QED) is 0.478. The van der Waals surface area contributed by atoms with E-state index in [4.69, 9.17) is 4.74 Å². The summed E-state index contributed by atoms with van der Waals surface area (Å²) >= 11 is 3.04. The van der Waals surface area contributed by atoms with Gasteiger partial charge in [0.25, 0.3) is 0 Å². The van der Waals surface area contributed by atoms with Gasteiger partial charge in [0.2, 0.25) is 0 Å². The van der Waals surface area contributed by atoms with Crippen molar-refractivity contribution in [2.75, 3.05) is 7.11 Å². The van der Waals surface area contributed by atoms with Gasteiger partial charge in [-0.25, -0.2) is 4.79 Å². The first-order valence-corrected chi connectivity index (χ1v) is 7.11. The van der Waals surface area contributed by atoms with Gasteiger partial charge in [0.15, 0.2) is 0 Å². The Morgan fingerprint density at radius 1 is 1.22 bits per heavy atom. The molecule has 1 heterocycles. The molecule has 0 aliphatic rings. The lowest BCUT2D eigenvalue weighted by molar-refractivity contribution is -0.133. The second-order valence-corrected chi connectivity index (χ2v) is 5.32. The molecular weight excluding hydrogens is 264 g/mol. The molecule has 2 aromatic rings. The predicted molar refractivity (Wildman–Crippen MR) is 76.6 cm³/mol. The van der Waals surface area contributed by atoms with E-state index in [-0.39, 0.29) is 5.97 Å². The molecule has 0 aliphatic heterocycles. The number of esters is 1. The highest BCUT2D eigenvalue weighted by Crippen LogP contribution is 2.27. The topological polar surface area (TPSA) is 26.3 Å². The van der Waals surface area contributed by atoms with Crippen LogP contribution in [0, 0.1) is 0 Å². The highest BCUT2D eigenvalue weighted by molar-refractivity contribution is 8.02. The van der Waals surface area contributed by atoms with Crippen LogP contribution in [0.1, 0.15) is 4.88 Å². The van der Waals surface area contributed by atoms with Gasteiger partial charge >= 0.3 is 5.97 Å². The molecule has 1 aromatic carbocycles. The molecule has 0 fully saturated rings. The number of hydrogen-bond acceptors (Lipinski definition) is 4. The van der Waals surface area contributed by atoms with Crippen molar-refractivity contribution < 1.29 is 9.53 Å². The number of thioether (sulfide) groups is 1. The molecule has 0 saturated carbocycles. The van der Waals surface area contributed by atoms with E-state index in [1.807, 2.05) is 53.3 Å². The number of ether oxygens (including phenoxy) is 1. The number of benzene rings is 1. The van der Waals surface area contributed by atoms with E-state index in [0.29, 0.717) is 5.57 Å². The number of carbonyl (C=O) groups is 1. The van der Waals surface area contributed by atoms with Crippen LogP contribution in [0.3, 0.4) is 0 Å². The van der Waals surface area contributed by atoms with Crippen LogP contribution in [0.5, 0.6) is 0 Å². The lowest BCUT2D eigenvalue weighted by Crippen LogP contribution is -2.02. The summed E-state index contributed by atoms with van der Waals surface area (Å²) in [6.07, 6.45) is 0. The second-order valence-electron chi connectivity index (χ2n) is 3.43. The zero-order chi connectivity index (χ0) is 12.8. The zero-order valence-electron chi connectivity index (χ0n) is 9.83. The summed E-state index contributed by atoms with van der Waals surface area (Å²) in [5.74, 6) is -0.305. The van der Waals surface area contributed by atoms with Crippen molar-refractivity contribution in [1.82, 2.24) is 0 Å². The van der Waals surface area contributed by atoms with Crippen LogP contribution in [-0.4, -0.2) is 13.1 Å². The van der Waals surface area contributed by atoms with E-state index in [0.717, 1.165) is 9.77 Å². The molecule has 0 saturated heterocycles. The van der Waals surface area contributed by atoms with Gasteiger partial charge in [-0.2, -0.15) is 0 Å². The van der Waals surface area contributed by atoms with Crippen molar-refractivity contribution in [2.45, 2.75) is 4.90 Å². The minimum absolute atomic E-state index is 0.305. The summed E-state index contributed by atoms with van der Waals surface area (Å²) < 4.78 is 4.81. The Labute approximate surface area is 114 Å². The molecule has 0 radical (unpaired) electrons. The van der Waals surface area contributed by atoms with Crippen LogP contribution < -0.4 is 0 Å². The monoisotopic (exact) mass is 276 g/mol. The number of hydrogen-bond donors (Lipinski definition) is 0. The van der Waals surface area contributed by atoms with E-state index < -0.39 is 0 Å². The van der Waals surface area contributed by atoms with Crippen LogP contribution >= 0.6 is 23.1 Å². The van der Waals surface area contributed by atoms with Crippen molar-refractivity contribution >= 4 is 34.6 Å². The summed E-state index contributed by atoms with van der Waals surface area (Å²) in [7, 11) is 1.40. The molecule has 2 rings (SSSR count). The maximum atomic E-state index is 11.7. The van der Waals surface area contributed by atoms with Gasteiger partial charge in [-0.3, -0.25) is 0 Å². The Morgan fingerprint density at radius 2 is 2.00 bits per heavy atom. The highest BCUT2D eigenvalue weighted by atomic mass is 32.2. The van der Waals surface area contributed by atoms with Gasteiger partial charge in [-0.05, 0) is 29.0 Å². The fourth-order valence-electron chi connectivity index (χ4n) is 1.37. The first kappa shape index (κ1) is 12.9. The third kappa shape index (κ3) is 3.24. The van der Waals surface area contributed by atoms with Gasteiger partial charge < -0.3 is 4.74 Å². The molecule has 0 unspecified atom stereocenters. The van der Waals surface area contributed by atoms with Gasteiger partial charge in [0.1, 0.15) is 0 Å². The fraction of sp³-hybridized carbons (Fsp3) is 0.0714. The van der Waals surface area contributed by atoms with Crippen LogP contribution in [0.25, 0.3) is 5.57 Å². The van der Waals surface area contributed by atoms with Gasteiger partial charge in [0.05, 0.1) is 12.7 Å². The lowest BCUT2D eigenvalue weighted by Gasteiger charge is -2.03. The van der Waals surface area contributed by atoms with E-state index in [2.05, 4.69) is 0 Å². The summed E-state index contributed by atoms with van der Waals surface area (Å²) in [5.41, 5.74) is 0.598. The maximum absolute atomic E-state index is 11.7. The van der Waals surface area contributed by atoms with Crippen LogP contribution in [0.4, 0.5) is 0 Å². The fourth-order valence-corrected chi connectivity index (χ4v) is 2.97. The molecule has 0 N–H and O–H groups in total. The summed E-state index contributed by atoms with van der Waals surface area (Å²) in [6.45, 7) is 0. The molecule has 18 heavy (non-hydrogen) atoms. The summed E-state index contributed by atoms with van der Waals surface area (Å²) in [5, 5.41) is 3.78. The minimum atomic E-state index is -0.305. The minimum Gasteiger partial charge on any atom is -0.465 e. The number of methoxy groups -OCH3 is 1. The van der Waals surface area contributed by atoms with Gasteiger partial charge in [0, 0.05) is 9.77 Å². The Balaban J connectivity index is 2.22. The Morgan fingerprint density at radius 3 is 2.61 bits per heavy atom. The average Bonchev–Trinajstić information content (AvgIpc) is 2.94. The van der Waals surface area contributed by atoms with Crippen molar-refractivity contribution in [2.24, 2.45) is 0 Å². The van der Waals surface area contributed by atoms with Crippen molar-refractivity contribution in [1.29, 1.82) is 0 Å². The van der Waals surface area contributed by atoms with Crippen LogP contribution in [-0.2, 0) is 9.53 Å². The van der Waals surface area contributed by atoms with Crippen LogP contribution in [0.15, 0.2) is 58.1 Å². The molecular formula is C14H12O2S2. The standard InChI is InChI=1S/C14H12O2S2/c1-16-14(15)12(13-8-5-9-17-13)10-18-11-6-3-2-4-7-11/h2-10H,1H3. The van der Waals surface area contributed by atoms with E-state index in [9.17, 15) is 4.79 Å². The first-order valence-electron chi connectivity index (χ1n) is 5.35. The molecule has 0 spiro atoms. The third-order valence-electron chi connectivity index (χ3n) is 2.25. The maximum Gasteiger partial charge on any atom is 0.339 e. The highest BCUT2D eigenvalue weighted by Gasteiger charge is 2.13. The Bertz CT molecular complexity index is 530. The van der Waals surface area contributed by atoms with E-state index in [1.54, 1.807) is 0 Å². The second kappa shape index (κ2) is 6.42. The number of thiophene rings is 1. The first-order chi connectivity index (χ1) is 8.81. The molecule has 0 aliphatic carbocycles. The summed E-state index contributed by atoms with van der Waals surface area (Å²) in [4.78, 5) is 13.7. The van der Waals surface area contributed by atoms with Crippen LogP contribution in [0.2, 0.25) is 0 Å². The Hall–Kier alpha value is -1.52. The van der Waals surface area contributed by atoms with Gasteiger partial charge in [-0.15, -0.1) is 11.3 Å². The lowest BCUT2D eigenvalue weighted by atomic mass is 10.2. The SMILES string of the molecule is COC(=O)C(=CSc1ccccc1)c1cccs1. The van der Waals surface area contributed by atoms with Crippen molar-refractivity contribution in [3.63, 3.8) is 0 Å². The van der Waals surface area contributed by atoms with Crippen molar-refractivity contribution in [3.8, 4) is 0 Å². The normalized spacial score (nSPS) is 11.3.